The Morgan fingerprint density at radius 1 is 1.05 bits per heavy atom. The van der Waals surface area contributed by atoms with Crippen LogP contribution in [-0.2, 0) is 0 Å². The van der Waals surface area contributed by atoms with Crippen molar-refractivity contribution in [3.05, 3.63) is 0 Å². The summed E-state index contributed by atoms with van der Waals surface area (Å²) in [6.07, 6.45) is 11.3. The van der Waals surface area contributed by atoms with Crippen molar-refractivity contribution >= 4 is 0 Å². The van der Waals surface area contributed by atoms with Gasteiger partial charge in [-0.2, -0.15) is 0 Å². The van der Waals surface area contributed by atoms with Crippen LogP contribution in [0.1, 0.15) is 72.1 Å². The van der Waals surface area contributed by atoms with Gasteiger partial charge in [0.05, 0.1) is 0 Å². The number of nitrogens with zero attached hydrogens (tertiary/aromatic N) is 1. The van der Waals surface area contributed by atoms with Gasteiger partial charge < -0.3 is 10.2 Å². The highest BCUT2D eigenvalue weighted by molar-refractivity contribution is 4.84. The number of nitrogens with one attached hydrogen (secondary N) is 1. The van der Waals surface area contributed by atoms with Gasteiger partial charge >= 0.3 is 0 Å². The van der Waals surface area contributed by atoms with Crippen molar-refractivity contribution in [1.29, 1.82) is 0 Å². The average molecular weight is 281 g/mol. The first-order chi connectivity index (χ1) is 9.69. The second-order valence-corrected chi connectivity index (χ2v) is 7.37. The standard InChI is InChI=1S/C18H36N2/c1-4-18(5-2)10-13-20(14-11-18)15-12-19-17-9-7-6-8-16(17)3/h16-17,19H,4-15H2,1-3H3. The Hall–Kier alpha value is -0.0800. The Labute approximate surface area is 126 Å². The molecule has 0 spiro atoms. The molecule has 20 heavy (non-hydrogen) atoms. The summed E-state index contributed by atoms with van der Waals surface area (Å²) in [5.41, 5.74) is 0.668. The van der Waals surface area contributed by atoms with Crippen LogP contribution in [0.3, 0.4) is 0 Å². The second kappa shape index (κ2) is 7.79. The van der Waals surface area contributed by atoms with E-state index in [1.807, 2.05) is 0 Å². The lowest BCUT2D eigenvalue weighted by molar-refractivity contribution is 0.0945. The summed E-state index contributed by atoms with van der Waals surface area (Å²) in [6.45, 7) is 12.3. The molecule has 2 atom stereocenters. The predicted molar refractivity (Wildman–Crippen MR) is 88.1 cm³/mol. The molecular formula is C18H36N2. The van der Waals surface area contributed by atoms with E-state index in [0.717, 1.165) is 12.0 Å². The molecule has 1 aliphatic heterocycles. The molecule has 1 saturated heterocycles. The van der Waals surface area contributed by atoms with Crippen LogP contribution in [0.15, 0.2) is 0 Å². The van der Waals surface area contributed by atoms with E-state index >= 15 is 0 Å². The van der Waals surface area contributed by atoms with Crippen LogP contribution in [-0.4, -0.2) is 37.1 Å². The Balaban J connectivity index is 1.63. The minimum atomic E-state index is 0.668. The summed E-state index contributed by atoms with van der Waals surface area (Å²) in [5.74, 6) is 0.887. The highest BCUT2D eigenvalue weighted by Crippen LogP contribution is 2.37. The van der Waals surface area contributed by atoms with Crippen LogP contribution in [0.5, 0.6) is 0 Å². The van der Waals surface area contributed by atoms with Crippen LogP contribution < -0.4 is 5.32 Å². The third-order valence-corrected chi connectivity index (χ3v) is 6.36. The van der Waals surface area contributed by atoms with Gasteiger partial charge in [0.15, 0.2) is 0 Å². The van der Waals surface area contributed by atoms with Gasteiger partial charge in [-0.3, -0.25) is 0 Å². The lowest BCUT2D eigenvalue weighted by atomic mass is 9.74. The first-order valence-corrected chi connectivity index (χ1v) is 9.15. The maximum absolute atomic E-state index is 3.83. The summed E-state index contributed by atoms with van der Waals surface area (Å²) in [6, 6.07) is 0.791. The van der Waals surface area contributed by atoms with E-state index in [1.54, 1.807) is 0 Å². The van der Waals surface area contributed by atoms with Crippen molar-refractivity contribution in [1.82, 2.24) is 10.2 Å². The molecule has 1 saturated carbocycles. The van der Waals surface area contributed by atoms with Gasteiger partial charge in [0.25, 0.3) is 0 Å². The third kappa shape index (κ3) is 4.21. The number of piperidine rings is 1. The Kier molecular flexibility index (Phi) is 6.35. The first-order valence-electron chi connectivity index (χ1n) is 9.15. The fraction of sp³-hybridized carbons (Fsp3) is 1.00. The van der Waals surface area contributed by atoms with E-state index in [-0.39, 0.29) is 0 Å². The zero-order valence-corrected chi connectivity index (χ0v) is 14.1. The summed E-state index contributed by atoms with van der Waals surface area (Å²) < 4.78 is 0. The molecule has 0 bridgehead atoms. The van der Waals surface area contributed by atoms with Crippen molar-refractivity contribution in [3.63, 3.8) is 0 Å². The van der Waals surface area contributed by atoms with Crippen molar-refractivity contribution < 1.29 is 0 Å². The molecule has 2 fully saturated rings. The first kappa shape index (κ1) is 16.3. The molecule has 2 unspecified atom stereocenters. The Morgan fingerprint density at radius 2 is 1.70 bits per heavy atom. The quantitative estimate of drug-likeness (QED) is 0.789. The largest absolute Gasteiger partial charge is 0.312 e. The van der Waals surface area contributed by atoms with Crippen LogP contribution in [0.25, 0.3) is 0 Å². The molecule has 2 rings (SSSR count). The molecular weight excluding hydrogens is 244 g/mol. The molecule has 2 nitrogen and oxygen atoms in total. The van der Waals surface area contributed by atoms with E-state index in [1.165, 1.54) is 77.5 Å². The smallest absolute Gasteiger partial charge is 0.0107 e. The average Bonchev–Trinajstić information content (AvgIpc) is 2.50. The lowest BCUT2D eigenvalue weighted by Gasteiger charge is -2.41. The van der Waals surface area contributed by atoms with Gasteiger partial charge in [-0.1, -0.05) is 46.5 Å². The van der Waals surface area contributed by atoms with Crippen LogP contribution in [0.2, 0.25) is 0 Å². The lowest BCUT2D eigenvalue weighted by Crippen LogP contribution is -2.45. The van der Waals surface area contributed by atoms with Gasteiger partial charge in [0, 0.05) is 19.1 Å². The molecule has 1 N–H and O–H groups in total. The second-order valence-electron chi connectivity index (χ2n) is 7.37. The van der Waals surface area contributed by atoms with Crippen molar-refractivity contribution in [3.8, 4) is 0 Å². The van der Waals surface area contributed by atoms with Crippen LogP contribution in [0, 0.1) is 11.3 Å². The van der Waals surface area contributed by atoms with E-state index < -0.39 is 0 Å². The van der Waals surface area contributed by atoms with Gasteiger partial charge in [0.1, 0.15) is 0 Å². The number of rotatable bonds is 6. The maximum Gasteiger partial charge on any atom is 0.0107 e. The highest BCUT2D eigenvalue weighted by Gasteiger charge is 2.31. The molecule has 0 aromatic rings. The number of hydrogen-bond acceptors (Lipinski definition) is 2. The maximum atomic E-state index is 3.83. The number of likely N-dealkylation sites (tertiary alicyclic amines) is 1. The van der Waals surface area contributed by atoms with Crippen molar-refractivity contribution in [2.75, 3.05) is 26.2 Å². The van der Waals surface area contributed by atoms with Gasteiger partial charge in [-0.05, 0) is 50.1 Å². The fourth-order valence-electron chi connectivity index (χ4n) is 4.24. The fourth-order valence-corrected chi connectivity index (χ4v) is 4.24. The zero-order chi connectivity index (χ0) is 14.4. The predicted octanol–water partition coefficient (Wildman–Crippen LogP) is 4.06. The minimum Gasteiger partial charge on any atom is -0.312 e. The van der Waals surface area contributed by atoms with E-state index in [9.17, 15) is 0 Å². The minimum absolute atomic E-state index is 0.668. The molecule has 1 aliphatic carbocycles. The van der Waals surface area contributed by atoms with E-state index in [4.69, 9.17) is 0 Å². The molecule has 0 aromatic heterocycles. The third-order valence-electron chi connectivity index (χ3n) is 6.36. The van der Waals surface area contributed by atoms with Crippen LogP contribution in [0.4, 0.5) is 0 Å². The highest BCUT2D eigenvalue weighted by atomic mass is 15.1. The van der Waals surface area contributed by atoms with Crippen LogP contribution >= 0.6 is 0 Å². The van der Waals surface area contributed by atoms with Gasteiger partial charge in [-0.25, -0.2) is 0 Å². The molecule has 1 heterocycles. The molecule has 118 valence electrons. The van der Waals surface area contributed by atoms with E-state index in [0.29, 0.717) is 5.41 Å². The van der Waals surface area contributed by atoms with Gasteiger partial charge in [0.2, 0.25) is 0 Å². The van der Waals surface area contributed by atoms with Crippen molar-refractivity contribution in [2.24, 2.45) is 11.3 Å². The topological polar surface area (TPSA) is 15.3 Å². The molecule has 2 aliphatic rings. The molecule has 0 amide bonds. The zero-order valence-electron chi connectivity index (χ0n) is 14.1. The summed E-state index contributed by atoms with van der Waals surface area (Å²) in [5, 5.41) is 3.83. The monoisotopic (exact) mass is 280 g/mol. The summed E-state index contributed by atoms with van der Waals surface area (Å²) in [7, 11) is 0. The molecule has 0 aromatic carbocycles. The normalized spacial score (nSPS) is 31.4. The molecule has 2 heteroatoms. The summed E-state index contributed by atoms with van der Waals surface area (Å²) in [4.78, 5) is 2.68. The SMILES string of the molecule is CCC1(CC)CCN(CCNC2CCCCC2C)CC1. The van der Waals surface area contributed by atoms with Gasteiger partial charge in [-0.15, -0.1) is 0 Å². The molecule has 0 radical (unpaired) electrons. The Bertz CT molecular complexity index is 263. The number of hydrogen-bond donors (Lipinski definition) is 1. The Morgan fingerprint density at radius 3 is 2.30 bits per heavy atom. The van der Waals surface area contributed by atoms with E-state index in [2.05, 4.69) is 31.0 Å². The summed E-state index contributed by atoms with van der Waals surface area (Å²) >= 11 is 0. The van der Waals surface area contributed by atoms with Crippen molar-refractivity contribution in [2.45, 2.75) is 78.2 Å².